The SMILES string of the molecule is Cc1cc(C)c(C(=O)CCNC2CCCC2)c(C)c1. The normalized spacial score (nSPS) is 15.9. The maximum Gasteiger partial charge on any atom is 0.164 e. The van der Waals surface area contributed by atoms with Gasteiger partial charge in [0.2, 0.25) is 0 Å². The van der Waals surface area contributed by atoms with Gasteiger partial charge in [-0.15, -0.1) is 0 Å². The van der Waals surface area contributed by atoms with Crippen LogP contribution in [-0.2, 0) is 0 Å². The fourth-order valence-electron chi connectivity index (χ4n) is 3.26. The number of nitrogens with one attached hydrogen (secondary N) is 1. The summed E-state index contributed by atoms with van der Waals surface area (Å²) in [7, 11) is 0. The zero-order valence-electron chi connectivity index (χ0n) is 12.4. The van der Waals surface area contributed by atoms with Gasteiger partial charge in [-0.3, -0.25) is 4.79 Å². The molecule has 1 aromatic rings. The van der Waals surface area contributed by atoms with Crippen LogP contribution in [0.1, 0.15) is 59.2 Å². The van der Waals surface area contributed by atoms with Gasteiger partial charge >= 0.3 is 0 Å². The molecule has 0 saturated heterocycles. The van der Waals surface area contributed by atoms with Crippen molar-refractivity contribution in [1.82, 2.24) is 5.32 Å². The molecule has 0 unspecified atom stereocenters. The minimum absolute atomic E-state index is 0.278. The van der Waals surface area contributed by atoms with Gasteiger partial charge < -0.3 is 5.32 Å². The van der Waals surface area contributed by atoms with E-state index in [1.807, 2.05) is 13.8 Å². The second-order valence-electron chi connectivity index (χ2n) is 5.88. The Bertz CT molecular complexity index is 435. The summed E-state index contributed by atoms with van der Waals surface area (Å²) >= 11 is 0. The van der Waals surface area contributed by atoms with Gasteiger partial charge in [0.1, 0.15) is 0 Å². The molecule has 104 valence electrons. The summed E-state index contributed by atoms with van der Waals surface area (Å²) in [5.74, 6) is 0.278. The molecule has 2 heteroatoms. The zero-order valence-corrected chi connectivity index (χ0v) is 12.4. The summed E-state index contributed by atoms with van der Waals surface area (Å²) in [4.78, 5) is 12.3. The molecule has 1 fully saturated rings. The molecular formula is C17H25NO. The van der Waals surface area contributed by atoms with Crippen LogP contribution >= 0.6 is 0 Å². The van der Waals surface area contributed by atoms with E-state index in [-0.39, 0.29) is 5.78 Å². The molecular weight excluding hydrogens is 234 g/mol. The fraction of sp³-hybridized carbons (Fsp3) is 0.588. The molecule has 0 heterocycles. The maximum absolute atomic E-state index is 12.3. The number of hydrogen-bond donors (Lipinski definition) is 1. The van der Waals surface area contributed by atoms with E-state index in [4.69, 9.17) is 0 Å². The minimum Gasteiger partial charge on any atom is -0.314 e. The van der Waals surface area contributed by atoms with Crippen molar-refractivity contribution in [2.75, 3.05) is 6.54 Å². The molecule has 1 aliphatic carbocycles. The number of ketones is 1. The Morgan fingerprint density at radius 2 is 1.74 bits per heavy atom. The monoisotopic (exact) mass is 259 g/mol. The largest absolute Gasteiger partial charge is 0.314 e. The third-order valence-electron chi connectivity index (χ3n) is 4.10. The topological polar surface area (TPSA) is 29.1 Å². The Labute approximate surface area is 116 Å². The molecule has 1 aliphatic rings. The Balaban J connectivity index is 1.92. The minimum atomic E-state index is 0.278. The molecule has 0 atom stereocenters. The smallest absolute Gasteiger partial charge is 0.164 e. The third-order valence-corrected chi connectivity index (χ3v) is 4.10. The van der Waals surface area contributed by atoms with Crippen LogP contribution in [0.15, 0.2) is 12.1 Å². The van der Waals surface area contributed by atoms with E-state index in [1.165, 1.54) is 31.2 Å². The highest BCUT2D eigenvalue weighted by Gasteiger charge is 2.16. The number of carbonyl (C=O) groups excluding carboxylic acids is 1. The van der Waals surface area contributed by atoms with Crippen LogP contribution in [-0.4, -0.2) is 18.4 Å². The quantitative estimate of drug-likeness (QED) is 0.817. The van der Waals surface area contributed by atoms with Gasteiger partial charge in [-0.2, -0.15) is 0 Å². The average molecular weight is 259 g/mol. The molecule has 0 aromatic heterocycles. The van der Waals surface area contributed by atoms with Crippen molar-refractivity contribution in [2.24, 2.45) is 0 Å². The lowest BCUT2D eigenvalue weighted by molar-refractivity contribution is 0.0980. The summed E-state index contributed by atoms with van der Waals surface area (Å²) in [6.45, 7) is 6.97. The van der Waals surface area contributed by atoms with E-state index in [0.717, 1.165) is 23.2 Å². The summed E-state index contributed by atoms with van der Waals surface area (Å²) in [6.07, 6.45) is 5.83. The predicted molar refractivity (Wildman–Crippen MR) is 79.9 cm³/mol. The number of Topliss-reactive ketones (excluding diaryl/α,β-unsaturated/α-hetero) is 1. The van der Waals surface area contributed by atoms with E-state index in [1.54, 1.807) is 0 Å². The first-order valence-corrected chi connectivity index (χ1v) is 7.42. The maximum atomic E-state index is 12.3. The van der Waals surface area contributed by atoms with E-state index in [0.29, 0.717) is 12.5 Å². The molecule has 0 aliphatic heterocycles. The lowest BCUT2D eigenvalue weighted by atomic mass is 9.95. The first-order valence-electron chi connectivity index (χ1n) is 7.42. The standard InChI is InChI=1S/C17H25NO/c1-12-10-13(2)17(14(3)11-12)16(19)8-9-18-15-6-4-5-7-15/h10-11,15,18H,4-9H2,1-3H3. The van der Waals surface area contributed by atoms with Crippen molar-refractivity contribution in [3.05, 3.63) is 34.4 Å². The molecule has 19 heavy (non-hydrogen) atoms. The predicted octanol–water partition coefficient (Wildman–Crippen LogP) is 3.72. The highest BCUT2D eigenvalue weighted by molar-refractivity contribution is 5.99. The molecule has 2 rings (SSSR count). The Morgan fingerprint density at radius 1 is 1.16 bits per heavy atom. The number of aryl methyl sites for hydroxylation is 3. The summed E-state index contributed by atoms with van der Waals surface area (Å²) in [5.41, 5.74) is 4.39. The Hall–Kier alpha value is -1.15. The number of carbonyl (C=O) groups is 1. The number of rotatable bonds is 5. The molecule has 0 bridgehead atoms. The van der Waals surface area contributed by atoms with Crippen LogP contribution in [0.25, 0.3) is 0 Å². The van der Waals surface area contributed by atoms with Gasteiger partial charge in [0.05, 0.1) is 0 Å². The molecule has 0 spiro atoms. The molecule has 2 nitrogen and oxygen atoms in total. The summed E-state index contributed by atoms with van der Waals surface area (Å²) in [6, 6.07) is 4.85. The highest BCUT2D eigenvalue weighted by atomic mass is 16.1. The molecule has 1 N–H and O–H groups in total. The summed E-state index contributed by atoms with van der Waals surface area (Å²) in [5, 5.41) is 3.51. The van der Waals surface area contributed by atoms with Crippen molar-refractivity contribution in [2.45, 2.75) is 58.9 Å². The van der Waals surface area contributed by atoms with Crippen LogP contribution in [0, 0.1) is 20.8 Å². The van der Waals surface area contributed by atoms with Crippen molar-refractivity contribution in [3.8, 4) is 0 Å². The third kappa shape index (κ3) is 3.66. The van der Waals surface area contributed by atoms with Crippen LogP contribution in [0.5, 0.6) is 0 Å². The number of hydrogen-bond acceptors (Lipinski definition) is 2. The number of benzene rings is 1. The Kier molecular flexibility index (Phi) is 4.76. The van der Waals surface area contributed by atoms with Gasteiger partial charge in [-0.25, -0.2) is 0 Å². The van der Waals surface area contributed by atoms with Gasteiger partial charge in [-0.05, 0) is 44.7 Å². The van der Waals surface area contributed by atoms with Crippen LogP contribution < -0.4 is 5.32 Å². The summed E-state index contributed by atoms with van der Waals surface area (Å²) < 4.78 is 0. The first kappa shape index (κ1) is 14.3. The fourth-order valence-corrected chi connectivity index (χ4v) is 3.26. The van der Waals surface area contributed by atoms with Crippen molar-refractivity contribution in [1.29, 1.82) is 0 Å². The molecule has 1 saturated carbocycles. The van der Waals surface area contributed by atoms with Gasteiger partial charge in [0.15, 0.2) is 5.78 Å². The highest BCUT2D eigenvalue weighted by Crippen LogP contribution is 2.19. The van der Waals surface area contributed by atoms with E-state index >= 15 is 0 Å². The lowest BCUT2D eigenvalue weighted by Crippen LogP contribution is -2.28. The van der Waals surface area contributed by atoms with Gasteiger partial charge in [-0.1, -0.05) is 30.5 Å². The van der Waals surface area contributed by atoms with Crippen LogP contribution in [0.4, 0.5) is 0 Å². The first-order chi connectivity index (χ1) is 9.08. The van der Waals surface area contributed by atoms with Crippen molar-refractivity contribution < 1.29 is 4.79 Å². The van der Waals surface area contributed by atoms with Crippen molar-refractivity contribution in [3.63, 3.8) is 0 Å². The van der Waals surface area contributed by atoms with Crippen LogP contribution in [0.3, 0.4) is 0 Å². The van der Waals surface area contributed by atoms with Crippen molar-refractivity contribution >= 4 is 5.78 Å². The molecule has 0 amide bonds. The molecule has 0 radical (unpaired) electrons. The second-order valence-corrected chi connectivity index (χ2v) is 5.88. The molecule has 1 aromatic carbocycles. The average Bonchev–Trinajstić information content (AvgIpc) is 2.80. The van der Waals surface area contributed by atoms with Gasteiger partial charge in [0, 0.05) is 24.6 Å². The van der Waals surface area contributed by atoms with Gasteiger partial charge in [0.25, 0.3) is 0 Å². The van der Waals surface area contributed by atoms with E-state index in [9.17, 15) is 4.79 Å². The lowest BCUT2D eigenvalue weighted by Gasteiger charge is -2.13. The second kappa shape index (κ2) is 6.33. The van der Waals surface area contributed by atoms with Crippen LogP contribution in [0.2, 0.25) is 0 Å². The Morgan fingerprint density at radius 3 is 2.32 bits per heavy atom. The van der Waals surface area contributed by atoms with E-state index in [2.05, 4.69) is 24.4 Å². The zero-order chi connectivity index (χ0) is 13.8. The van der Waals surface area contributed by atoms with E-state index < -0.39 is 0 Å².